The van der Waals surface area contributed by atoms with Crippen molar-refractivity contribution in [2.45, 2.75) is 59.4 Å². The van der Waals surface area contributed by atoms with Crippen LogP contribution < -0.4 is 0 Å². The second-order valence-electron chi connectivity index (χ2n) is 4.98. The van der Waals surface area contributed by atoms with Crippen molar-refractivity contribution in [3.8, 4) is 0 Å². The number of amides is 1. The van der Waals surface area contributed by atoms with Gasteiger partial charge >= 0.3 is 0 Å². The lowest BCUT2D eigenvalue weighted by molar-refractivity contribution is -0.134. The van der Waals surface area contributed by atoms with Crippen LogP contribution in [0.25, 0.3) is 0 Å². The van der Waals surface area contributed by atoms with Gasteiger partial charge in [0, 0.05) is 26.1 Å². The van der Waals surface area contributed by atoms with E-state index in [4.69, 9.17) is 4.74 Å². The fourth-order valence-corrected chi connectivity index (χ4v) is 1.99. The minimum Gasteiger partial charge on any atom is -0.383 e. The summed E-state index contributed by atoms with van der Waals surface area (Å²) in [6.45, 7) is 9.95. The van der Waals surface area contributed by atoms with E-state index in [1.54, 1.807) is 7.11 Å². The van der Waals surface area contributed by atoms with Crippen LogP contribution in [0.4, 0.5) is 0 Å². The molecule has 0 saturated carbocycles. The third-order valence-electron chi connectivity index (χ3n) is 3.18. The molecule has 0 aliphatic carbocycles. The molecule has 0 heterocycles. The van der Waals surface area contributed by atoms with E-state index in [-0.39, 0.29) is 5.91 Å². The number of methoxy groups -OCH3 is 1. The second-order valence-corrected chi connectivity index (χ2v) is 4.98. The molecule has 0 unspecified atom stereocenters. The van der Waals surface area contributed by atoms with Crippen LogP contribution in [0.1, 0.15) is 53.4 Å². The standard InChI is InChI=1S/C14H29NO2/c1-6-13(7-2)15(10-11-17-5)14(16)9-8-12(3)4/h12-13H,6-11H2,1-5H3. The van der Waals surface area contributed by atoms with E-state index in [1.165, 1.54) is 0 Å². The Hall–Kier alpha value is -0.570. The average Bonchev–Trinajstić information content (AvgIpc) is 2.31. The zero-order chi connectivity index (χ0) is 13.3. The third-order valence-corrected chi connectivity index (χ3v) is 3.18. The van der Waals surface area contributed by atoms with Gasteiger partial charge in [-0.1, -0.05) is 27.7 Å². The number of carbonyl (C=O) groups excluding carboxylic acids is 1. The van der Waals surface area contributed by atoms with E-state index in [2.05, 4.69) is 27.7 Å². The average molecular weight is 243 g/mol. The maximum atomic E-state index is 12.2. The molecule has 17 heavy (non-hydrogen) atoms. The molecular formula is C14H29NO2. The van der Waals surface area contributed by atoms with E-state index in [0.717, 1.165) is 25.8 Å². The number of hydrogen-bond donors (Lipinski definition) is 0. The number of carbonyl (C=O) groups is 1. The van der Waals surface area contributed by atoms with Gasteiger partial charge in [-0.05, 0) is 25.2 Å². The van der Waals surface area contributed by atoms with Gasteiger partial charge < -0.3 is 9.64 Å². The largest absolute Gasteiger partial charge is 0.383 e. The lowest BCUT2D eigenvalue weighted by Crippen LogP contribution is -2.41. The molecule has 0 radical (unpaired) electrons. The molecule has 1 amide bonds. The first-order valence-corrected chi connectivity index (χ1v) is 6.85. The lowest BCUT2D eigenvalue weighted by Gasteiger charge is -2.30. The Morgan fingerprint density at radius 1 is 1.24 bits per heavy atom. The van der Waals surface area contributed by atoms with Crippen LogP contribution in [0.5, 0.6) is 0 Å². The van der Waals surface area contributed by atoms with Crippen LogP contribution in [-0.2, 0) is 9.53 Å². The van der Waals surface area contributed by atoms with Crippen LogP contribution in [-0.4, -0.2) is 37.1 Å². The summed E-state index contributed by atoms with van der Waals surface area (Å²) in [6.07, 6.45) is 3.68. The minimum atomic E-state index is 0.282. The maximum Gasteiger partial charge on any atom is 0.222 e. The quantitative estimate of drug-likeness (QED) is 0.623. The maximum absolute atomic E-state index is 12.2. The van der Waals surface area contributed by atoms with E-state index < -0.39 is 0 Å². The van der Waals surface area contributed by atoms with Gasteiger partial charge in [0.1, 0.15) is 0 Å². The number of nitrogens with zero attached hydrogens (tertiary/aromatic N) is 1. The molecule has 0 aliphatic heterocycles. The molecule has 0 aromatic carbocycles. The van der Waals surface area contributed by atoms with Gasteiger partial charge in [-0.25, -0.2) is 0 Å². The van der Waals surface area contributed by atoms with E-state index in [9.17, 15) is 4.79 Å². The molecule has 0 aromatic rings. The summed E-state index contributed by atoms with van der Waals surface area (Å²) >= 11 is 0. The van der Waals surface area contributed by atoms with Crippen molar-refractivity contribution in [2.75, 3.05) is 20.3 Å². The summed E-state index contributed by atoms with van der Waals surface area (Å²) in [5, 5.41) is 0. The smallest absolute Gasteiger partial charge is 0.222 e. The SMILES string of the molecule is CCC(CC)N(CCOC)C(=O)CCC(C)C. The molecule has 0 N–H and O–H groups in total. The molecule has 0 bridgehead atoms. The van der Waals surface area contributed by atoms with Crippen LogP contribution in [0.2, 0.25) is 0 Å². The van der Waals surface area contributed by atoms with E-state index >= 15 is 0 Å². The predicted molar refractivity (Wildman–Crippen MR) is 72.0 cm³/mol. The molecule has 0 rings (SSSR count). The normalized spacial score (nSPS) is 11.2. The fourth-order valence-electron chi connectivity index (χ4n) is 1.99. The Morgan fingerprint density at radius 3 is 2.24 bits per heavy atom. The molecule has 102 valence electrons. The molecule has 0 saturated heterocycles. The summed E-state index contributed by atoms with van der Waals surface area (Å²) in [6, 6.07) is 0.366. The first-order chi connectivity index (χ1) is 8.06. The first kappa shape index (κ1) is 16.4. The highest BCUT2D eigenvalue weighted by atomic mass is 16.5. The Labute approximate surface area is 107 Å². The molecule has 0 aromatic heterocycles. The Kier molecular flexibility index (Phi) is 9.14. The van der Waals surface area contributed by atoms with Crippen molar-refractivity contribution in [3.63, 3.8) is 0 Å². The van der Waals surface area contributed by atoms with Crippen molar-refractivity contribution in [1.29, 1.82) is 0 Å². The summed E-state index contributed by atoms with van der Waals surface area (Å²) in [4.78, 5) is 14.2. The minimum absolute atomic E-state index is 0.282. The Balaban J connectivity index is 4.37. The highest BCUT2D eigenvalue weighted by Crippen LogP contribution is 2.13. The third kappa shape index (κ3) is 6.67. The topological polar surface area (TPSA) is 29.5 Å². The Morgan fingerprint density at radius 2 is 1.82 bits per heavy atom. The summed E-state index contributed by atoms with van der Waals surface area (Å²) in [5.74, 6) is 0.870. The highest BCUT2D eigenvalue weighted by molar-refractivity contribution is 5.76. The lowest BCUT2D eigenvalue weighted by atomic mass is 10.1. The van der Waals surface area contributed by atoms with Crippen LogP contribution in [0.15, 0.2) is 0 Å². The predicted octanol–water partition coefficient (Wildman–Crippen LogP) is 3.09. The number of rotatable bonds is 9. The fraction of sp³-hybridized carbons (Fsp3) is 0.929. The first-order valence-electron chi connectivity index (χ1n) is 6.85. The van der Waals surface area contributed by atoms with Crippen molar-refractivity contribution < 1.29 is 9.53 Å². The summed E-state index contributed by atoms with van der Waals surface area (Å²) < 4.78 is 5.09. The molecular weight excluding hydrogens is 214 g/mol. The molecule has 0 fully saturated rings. The van der Waals surface area contributed by atoms with Gasteiger partial charge in [-0.3, -0.25) is 4.79 Å². The van der Waals surface area contributed by atoms with Crippen molar-refractivity contribution in [1.82, 2.24) is 4.90 Å². The van der Waals surface area contributed by atoms with Crippen LogP contribution in [0, 0.1) is 5.92 Å². The van der Waals surface area contributed by atoms with Gasteiger partial charge in [0.15, 0.2) is 0 Å². The van der Waals surface area contributed by atoms with Gasteiger partial charge in [0.05, 0.1) is 6.61 Å². The molecule has 0 spiro atoms. The van der Waals surface area contributed by atoms with Gasteiger partial charge in [-0.2, -0.15) is 0 Å². The van der Waals surface area contributed by atoms with Gasteiger partial charge in [0.2, 0.25) is 5.91 Å². The highest BCUT2D eigenvalue weighted by Gasteiger charge is 2.20. The van der Waals surface area contributed by atoms with Crippen molar-refractivity contribution in [2.24, 2.45) is 5.92 Å². The zero-order valence-electron chi connectivity index (χ0n) is 12.2. The van der Waals surface area contributed by atoms with Crippen molar-refractivity contribution in [3.05, 3.63) is 0 Å². The monoisotopic (exact) mass is 243 g/mol. The van der Waals surface area contributed by atoms with Crippen molar-refractivity contribution >= 4 is 5.91 Å². The molecule has 0 aliphatic rings. The molecule has 0 atom stereocenters. The molecule has 3 heteroatoms. The zero-order valence-corrected chi connectivity index (χ0v) is 12.2. The van der Waals surface area contributed by atoms with Gasteiger partial charge in [-0.15, -0.1) is 0 Å². The number of hydrogen-bond acceptors (Lipinski definition) is 2. The number of ether oxygens (including phenoxy) is 1. The van der Waals surface area contributed by atoms with Gasteiger partial charge in [0.25, 0.3) is 0 Å². The Bertz CT molecular complexity index is 200. The summed E-state index contributed by atoms with van der Waals surface area (Å²) in [5.41, 5.74) is 0. The van der Waals surface area contributed by atoms with Crippen LogP contribution >= 0.6 is 0 Å². The second kappa shape index (κ2) is 9.46. The van der Waals surface area contributed by atoms with E-state index in [1.807, 2.05) is 4.90 Å². The summed E-state index contributed by atoms with van der Waals surface area (Å²) in [7, 11) is 1.68. The van der Waals surface area contributed by atoms with Crippen LogP contribution in [0.3, 0.4) is 0 Å². The van der Waals surface area contributed by atoms with E-state index in [0.29, 0.717) is 25.0 Å². The molecule has 3 nitrogen and oxygen atoms in total.